The van der Waals surface area contributed by atoms with Crippen molar-refractivity contribution < 1.29 is 0 Å². The summed E-state index contributed by atoms with van der Waals surface area (Å²) in [6.07, 6.45) is 0. The quantitative estimate of drug-likeness (QED) is 0.167. The summed E-state index contributed by atoms with van der Waals surface area (Å²) in [5.41, 5.74) is 21.5. The summed E-state index contributed by atoms with van der Waals surface area (Å²) >= 11 is 0. The molecule has 2 aliphatic rings. The molecule has 2 aliphatic carbocycles. The summed E-state index contributed by atoms with van der Waals surface area (Å²) in [7, 11) is 0. The van der Waals surface area contributed by atoms with E-state index in [-0.39, 0.29) is 5.41 Å². The summed E-state index contributed by atoms with van der Waals surface area (Å²) in [6.45, 7) is 4.76. The summed E-state index contributed by atoms with van der Waals surface area (Å²) in [5, 5.41) is 0. The van der Waals surface area contributed by atoms with Crippen molar-refractivity contribution in [3.05, 3.63) is 264 Å². The third-order valence-corrected chi connectivity index (χ3v) is 13.8. The highest BCUT2D eigenvalue weighted by Gasteiger charge is 2.54. The van der Waals surface area contributed by atoms with Crippen molar-refractivity contribution in [2.45, 2.75) is 24.7 Å². The maximum atomic E-state index is 5.46. The molecule has 10 aromatic rings. The summed E-state index contributed by atoms with van der Waals surface area (Å²) in [6, 6.07) is 83.9. The van der Waals surface area contributed by atoms with Crippen LogP contribution in [-0.4, -0.2) is 9.97 Å². The van der Waals surface area contributed by atoms with Crippen molar-refractivity contribution >= 4 is 0 Å². The summed E-state index contributed by atoms with van der Waals surface area (Å²) in [5.74, 6) is 0.709. The third-order valence-electron chi connectivity index (χ3n) is 13.8. The van der Waals surface area contributed by atoms with Gasteiger partial charge < -0.3 is 0 Å². The second-order valence-electron chi connectivity index (χ2n) is 17.6. The van der Waals surface area contributed by atoms with Crippen LogP contribution in [0.4, 0.5) is 0 Å². The largest absolute Gasteiger partial charge is 0.228 e. The van der Waals surface area contributed by atoms with Crippen LogP contribution in [0.3, 0.4) is 0 Å². The highest BCUT2D eigenvalue weighted by atomic mass is 14.9. The van der Waals surface area contributed by atoms with Crippen molar-refractivity contribution in [2.24, 2.45) is 0 Å². The zero-order chi connectivity index (χ0) is 42.8. The number of hydrogen-bond donors (Lipinski definition) is 0. The smallest absolute Gasteiger partial charge is 0.161 e. The van der Waals surface area contributed by atoms with Crippen molar-refractivity contribution in [3.63, 3.8) is 0 Å². The molecule has 302 valence electrons. The van der Waals surface area contributed by atoms with Gasteiger partial charge in [0.25, 0.3) is 0 Å². The number of fused-ring (bicyclic) bond motifs is 9. The van der Waals surface area contributed by atoms with Gasteiger partial charge in [0.1, 0.15) is 0 Å². The lowest BCUT2D eigenvalue weighted by molar-refractivity contribution is 0.563. The minimum absolute atomic E-state index is 0.207. The van der Waals surface area contributed by atoms with E-state index in [1.807, 2.05) is 0 Å². The number of nitrogens with zero attached hydrogens (tertiary/aromatic N) is 2. The molecule has 1 heterocycles. The van der Waals surface area contributed by atoms with Gasteiger partial charge >= 0.3 is 0 Å². The van der Waals surface area contributed by atoms with E-state index in [1.54, 1.807) is 0 Å². The van der Waals surface area contributed by atoms with E-state index < -0.39 is 5.41 Å². The molecule has 0 saturated carbocycles. The number of benzene rings is 9. The van der Waals surface area contributed by atoms with Gasteiger partial charge in [-0.2, -0.15) is 0 Å². The predicted octanol–water partition coefficient (Wildman–Crippen LogP) is 15.5. The molecular weight excluding hydrogens is 773 g/mol. The normalized spacial score (nSPS) is 13.7. The van der Waals surface area contributed by atoms with Crippen LogP contribution in [0, 0.1) is 0 Å². The van der Waals surface area contributed by atoms with E-state index in [1.165, 1.54) is 72.3 Å². The molecule has 0 unspecified atom stereocenters. The van der Waals surface area contributed by atoms with Gasteiger partial charge in [-0.3, -0.25) is 0 Å². The highest BCUT2D eigenvalue weighted by Crippen LogP contribution is 2.63. The fourth-order valence-corrected chi connectivity index (χ4v) is 10.9. The van der Waals surface area contributed by atoms with Gasteiger partial charge in [0, 0.05) is 22.1 Å². The monoisotopic (exact) mass is 816 g/mol. The molecule has 0 fully saturated rings. The molecule has 2 heteroatoms. The fourth-order valence-electron chi connectivity index (χ4n) is 10.9. The lowest BCUT2D eigenvalue weighted by Crippen LogP contribution is -2.40. The molecule has 0 amide bonds. The van der Waals surface area contributed by atoms with Crippen LogP contribution in [0.5, 0.6) is 0 Å². The van der Waals surface area contributed by atoms with Gasteiger partial charge in [-0.05, 0) is 96.1 Å². The van der Waals surface area contributed by atoms with Gasteiger partial charge in [0.15, 0.2) is 5.82 Å². The second-order valence-corrected chi connectivity index (χ2v) is 17.6. The van der Waals surface area contributed by atoms with Crippen LogP contribution in [0.1, 0.15) is 47.2 Å². The Morgan fingerprint density at radius 3 is 1.33 bits per heavy atom. The maximum Gasteiger partial charge on any atom is 0.161 e. The molecule has 12 rings (SSSR count). The Kier molecular flexibility index (Phi) is 8.77. The molecule has 64 heavy (non-hydrogen) atoms. The van der Waals surface area contributed by atoms with Crippen LogP contribution in [-0.2, 0) is 10.8 Å². The van der Waals surface area contributed by atoms with Gasteiger partial charge in [-0.25, -0.2) is 9.97 Å². The molecule has 0 saturated heterocycles. The average Bonchev–Trinajstić information content (AvgIpc) is 3.67. The molecule has 0 radical (unpaired) electrons. The van der Waals surface area contributed by atoms with E-state index >= 15 is 0 Å². The van der Waals surface area contributed by atoms with Gasteiger partial charge in [0.2, 0.25) is 0 Å². The highest BCUT2D eigenvalue weighted by molar-refractivity contribution is 5.98. The molecule has 9 aromatic carbocycles. The Balaban J connectivity index is 1.17. The molecule has 0 N–H and O–H groups in total. The standard InChI is InChI=1S/C62H44N2/c1-61(2)52-29-15-17-31-54(52)62(55-32-18-16-30-53(55)61)51-37-35-46(47-36-34-45(41-20-7-3-8-21-41)38-49(47)42-22-9-4-10-23-42)39-50(51)59-48(28-19-33-56(59)62)60-63-57(43-24-11-5-12-25-43)40-58(64-60)44-26-13-6-14-27-44/h3-40H,1-2H3. The van der Waals surface area contributed by atoms with E-state index in [4.69, 9.17) is 9.97 Å². The van der Waals surface area contributed by atoms with Crippen molar-refractivity contribution in [3.8, 4) is 78.4 Å². The first-order valence-corrected chi connectivity index (χ1v) is 22.2. The molecule has 2 nitrogen and oxygen atoms in total. The molecule has 0 bridgehead atoms. The van der Waals surface area contributed by atoms with Crippen LogP contribution in [0.2, 0.25) is 0 Å². The van der Waals surface area contributed by atoms with E-state index in [2.05, 4.69) is 244 Å². The topological polar surface area (TPSA) is 25.8 Å². The van der Waals surface area contributed by atoms with Crippen molar-refractivity contribution in [1.29, 1.82) is 0 Å². The molecule has 0 atom stereocenters. The first kappa shape index (κ1) is 37.8. The third kappa shape index (κ3) is 5.80. The van der Waals surface area contributed by atoms with E-state index in [9.17, 15) is 0 Å². The number of rotatable bonds is 6. The van der Waals surface area contributed by atoms with Crippen molar-refractivity contribution in [2.75, 3.05) is 0 Å². The van der Waals surface area contributed by atoms with Gasteiger partial charge in [-0.1, -0.05) is 226 Å². The Bertz CT molecular complexity index is 3280. The predicted molar refractivity (Wildman–Crippen MR) is 264 cm³/mol. The fraction of sp³-hybridized carbons (Fsp3) is 0.0645. The molecule has 0 aliphatic heterocycles. The van der Waals surface area contributed by atoms with Crippen LogP contribution in [0.25, 0.3) is 78.4 Å². The Morgan fingerprint density at radius 1 is 0.281 bits per heavy atom. The van der Waals surface area contributed by atoms with Crippen molar-refractivity contribution in [1.82, 2.24) is 9.97 Å². The Labute approximate surface area is 375 Å². The van der Waals surface area contributed by atoms with Gasteiger partial charge in [0.05, 0.1) is 16.8 Å². The summed E-state index contributed by atoms with van der Waals surface area (Å²) in [4.78, 5) is 10.9. The van der Waals surface area contributed by atoms with Crippen LogP contribution >= 0.6 is 0 Å². The van der Waals surface area contributed by atoms with E-state index in [0.717, 1.165) is 33.6 Å². The summed E-state index contributed by atoms with van der Waals surface area (Å²) < 4.78 is 0. The van der Waals surface area contributed by atoms with Crippen LogP contribution < -0.4 is 0 Å². The first-order valence-electron chi connectivity index (χ1n) is 22.2. The number of aromatic nitrogens is 2. The second kappa shape index (κ2) is 14.9. The van der Waals surface area contributed by atoms with Crippen LogP contribution in [0.15, 0.2) is 231 Å². The average molecular weight is 817 g/mol. The maximum absolute atomic E-state index is 5.46. The minimum Gasteiger partial charge on any atom is -0.228 e. The zero-order valence-electron chi connectivity index (χ0n) is 35.8. The molecule has 1 spiro atoms. The lowest BCUT2D eigenvalue weighted by Gasteiger charge is -2.46. The SMILES string of the molecule is CC1(C)c2ccccc2C2(c3ccc(-c4ccc(-c5ccccc5)cc4-c4ccccc4)cc3-c3c(-c4nc(-c5ccccc5)cc(-c5ccccc5)n4)cccc32)c2ccccc21. The zero-order valence-corrected chi connectivity index (χ0v) is 35.8. The molecule has 1 aromatic heterocycles. The van der Waals surface area contributed by atoms with Gasteiger partial charge in [-0.15, -0.1) is 0 Å². The first-order chi connectivity index (χ1) is 31.5. The Hall–Kier alpha value is -7.94. The minimum atomic E-state index is -0.583. The lowest BCUT2D eigenvalue weighted by atomic mass is 9.55. The van der Waals surface area contributed by atoms with E-state index in [0.29, 0.717) is 5.82 Å². The Morgan fingerprint density at radius 2 is 0.750 bits per heavy atom. The number of hydrogen-bond acceptors (Lipinski definition) is 2. The molecular formula is C62H44N2.